The number of nitrogens with one attached hydrogen (secondary N) is 1. The Balaban J connectivity index is 1.77. The van der Waals surface area contributed by atoms with Gasteiger partial charge in [0.25, 0.3) is 0 Å². The Kier molecular flexibility index (Phi) is 6.69. The van der Waals surface area contributed by atoms with Gasteiger partial charge in [0.05, 0.1) is 12.6 Å². The van der Waals surface area contributed by atoms with Crippen molar-refractivity contribution in [3.05, 3.63) is 29.3 Å². The van der Waals surface area contributed by atoms with Gasteiger partial charge in [0, 0.05) is 5.92 Å². The largest absolute Gasteiger partial charge is 0.491 e. The molecule has 1 aliphatic rings. The van der Waals surface area contributed by atoms with Crippen LogP contribution < -0.4 is 10.1 Å². The third-order valence-electron chi connectivity index (χ3n) is 4.55. The first-order valence-corrected chi connectivity index (χ1v) is 8.66. The van der Waals surface area contributed by atoms with E-state index in [-0.39, 0.29) is 17.9 Å². The van der Waals surface area contributed by atoms with Crippen molar-refractivity contribution in [1.82, 2.24) is 10.2 Å². The summed E-state index contributed by atoms with van der Waals surface area (Å²) in [6, 6.07) is 6.08. The summed E-state index contributed by atoms with van der Waals surface area (Å²) in [6.45, 7) is 9.01. The fraction of sp³-hybridized carbons (Fsp3) is 0.550. The van der Waals surface area contributed by atoms with Crippen molar-refractivity contribution < 1.29 is 9.53 Å². The lowest BCUT2D eigenvalue weighted by atomic mass is 9.95. The van der Waals surface area contributed by atoms with E-state index in [9.17, 15) is 4.79 Å². The second-order valence-electron chi connectivity index (χ2n) is 6.70. The molecule has 0 saturated carbocycles. The number of ether oxygens (including phenoxy) is 1. The minimum Gasteiger partial charge on any atom is -0.491 e. The molecular formula is C20H28N2O2. The van der Waals surface area contributed by atoms with Crippen LogP contribution in [0.1, 0.15) is 30.9 Å². The maximum Gasteiger partial charge on any atom is 0.223 e. The van der Waals surface area contributed by atoms with Crippen molar-refractivity contribution in [2.75, 3.05) is 26.2 Å². The fourth-order valence-corrected chi connectivity index (χ4v) is 3.12. The summed E-state index contributed by atoms with van der Waals surface area (Å²) in [5.41, 5.74) is 2.24. The predicted octanol–water partition coefficient (Wildman–Crippen LogP) is 2.53. The highest BCUT2D eigenvalue weighted by atomic mass is 16.5. The normalized spacial score (nSPS) is 17.1. The molecule has 4 heteroatoms. The third kappa shape index (κ3) is 5.01. The summed E-state index contributed by atoms with van der Waals surface area (Å²) < 4.78 is 5.92. The van der Waals surface area contributed by atoms with Gasteiger partial charge in [0.2, 0.25) is 5.91 Å². The zero-order valence-electron chi connectivity index (χ0n) is 15.0. The average Bonchev–Trinajstić information content (AvgIpc) is 2.55. The lowest BCUT2D eigenvalue weighted by Crippen LogP contribution is -2.44. The summed E-state index contributed by atoms with van der Waals surface area (Å²) in [5.74, 6) is 3.80. The Bertz CT molecular complexity index is 578. The zero-order valence-corrected chi connectivity index (χ0v) is 15.0. The summed E-state index contributed by atoms with van der Waals surface area (Å²) in [4.78, 5) is 14.6. The highest BCUT2D eigenvalue weighted by Crippen LogP contribution is 2.22. The molecule has 1 saturated heterocycles. The van der Waals surface area contributed by atoms with Crippen LogP contribution in [0.5, 0.6) is 5.75 Å². The van der Waals surface area contributed by atoms with Gasteiger partial charge in [-0.3, -0.25) is 9.69 Å². The van der Waals surface area contributed by atoms with E-state index in [1.54, 1.807) is 0 Å². The number of carbonyl (C=O) groups is 1. The van der Waals surface area contributed by atoms with Gasteiger partial charge in [0.15, 0.2) is 0 Å². The van der Waals surface area contributed by atoms with Crippen LogP contribution in [0, 0.1) is 32.1 Å². The highest BCUT2D eigenvalue weighted by molar-refractivity contribution is 5.79. The third-order valence-corrected chi connectivity index (χ3v) is 4.55. The second kappa shape index (κ2) is 8.75. The Hall–Kier alpha value is -1.99. The Labute approximate surface area is 145 Å². The van der Waals surface area contributed by atoms with E-state index in [4.69, 9.17) is 11.2 Å². The molecule has 1 unspecified atom stereocenters. The molecule has 1 amide bonds. The van der Waals surface area contributed by atoms with E-state index in [1.807, 2.05) is 39.0 Å². The van der Waals surface area contributed by atoms with Crippen molar-refractivity contribution in [2.24, 2.45) is 5.92 Å². The molecule has 0 aromatic heterocycles. The van der Waals surface area contributed by atoms with E-state index >= 15 is 0 Å². The number of piperidine rings is 1. The van der Waals surface area contributed by atoms with Gasteiger partial charge >= 0.3 is 0 Å². The number of benzene rings is 1. The molecule has 0 bridgehead atoms. The number of likely N-dealkylation sites (tertiary alicyclic amines) is 1. The van der Waals surface area contributed by atoms with Crippen LogP contribution in [-0.2, 0) is 4.79 Å². The Morgan fingerprint density at radius 2 is 2.00 bits per heavy atom. The number of hydrogen-bond donors (Lipinski definition) is 1. The maximum absolute atomic E-state index is 12.4. The van der Waals surface area contributed by atoms with Crippen molar-refractivity contribution in [2.45, 2.75) is 39.7 Å². The monoisotopic (exact) mass is 328 g/mol. The number of aryl methyl sites for hydroxylation is 2. The van der Waals surface area contributed by atoms with Crippen molar-refractivity contribution in [1.29, 1.82) is 0 Å². The average molecular weight is 328 g/mol. The standard InChI is InChI=1S/C20H28N2O2/c1-5-11-22-12-9-18(10-13-22)20(23)21-17(4)14-24-19-15(2)7-6-8-16(19)3/h1,6-8,17-18H,9-14H2,2-4H3,(H,21,23). The Morgan fingerprint density at radius 1 is 1.38 bits per heavy atom. The van der Waals surface area contributed by atoms with Crippen molar-refractivity contribution in [3.63, 3.8) is 0 Å². The molecule has 1 fully saturated rings. The molecule has 130 valence electrons. The maximum atomic E-state index is 12.4. The number of carbonyl (C=O) groups excluding carboxylic acids is 1. The van der Waals surface area contributed by atoms with Crippen LogP contribution in [0.25, 0.3) is 0 Å². The molecule has 4 nitrogen and oxygen atoms in total. The van der Waals surface area contributed by atoms with Crippen molar-refractivity contribution in [3.8, 4) is 18.1 Å². The van der Waals surface area contributed by atoms with Crippen LogP contribution >= 0.6 is 0 Å². The second-order valence-corrected chi connectivity index (χ2v) is 6.70. The van der Waals surface area contributed by atoms with E-state index < -0.39 is 0 Å². The van der Waals surface area contributed by atoms with Crippen LogP contribution in [0.2, 0.25) is 0 Å². The molecule has 1 aliphatic heterocycles. The molecular weight excluding hydrogens is 300 g/mol. The minimum atomic E-state index is -0.0137. The zero-order chi connectivity index (χ0) is 17.5. The molecule has 24 heavy (non-hydrogen) atoms. The quantitative estimate of drug-likeness (QED) is 0.816. The van der Waals surface area contributed by atoms with Crippen molar-refractivity contribution >= 4 is 5.91 Å². The SMILES string of the molecule is C#CCN1CCC(C(=O)NC(C)COc2c(C)cccc2C)CC1. The summed E-state index contributed by atoms with van der Waals surface area (Å²) in [7, 11) is 0. The Morgan fingerprint density at radius 3 is 2.58 bits per heavy atom. The van der Waals surface area contributed by atoms with Gasteiger partial charge in [-0.05, 0) is 57.8 Å². The number of amides is 1. The first-order valence-electron chi connectivity index (χ1n) is 8.66. The number of terminal acetylenes is 1. The number of para-hydroxylation sites is 1. The molecule has 1 aromatic carbocycles. The van der Waals surface area contributed by atoms with E-state index in [0.29, 0.717) is 13.2 Å². The molecule has 0 aliphatic carbocycles. The van der Waals surface area contributed by atoms with Crippen LogP contribution in [-0.4, -0.2) is 43.1 Å². The van der Waals surface area contributed by atoms with Crippen LogP contribution in [0.4, 0.5) is 0 Å². The lowest BCUT2D eigenvalue weighted by molar-refractivity contribution is -0.127. The van der Waals surface area contributed by atoms with Gasteiger partial charge in [-0.2, -0.15) is 0 Å². The van der Waals surface area contributed by atoms with E-state index in [2.05, 4.69) is 16.1 Å². The summed E-state index contributed by atoms with van der Waals surface area (Å²) in [5, 5.41) is 3.08. The fourth-order valence-electron chi connectivity index (χ4n) is 3.12. The van der Waals surface area contributed by atoms with E-state index in [1.165, 1.54) is 0 Å². The molecule has 1 aromatic rings. The first-order chi connectivity index (χ1) is 11.5. The van der Waals surface area contributed by atoms with E-state index in [0.717, 1.165) is 42.8 Å². The minimum absolute atomic E-state index is 0.0137. The molecule has 1 heterocycles. The molecule has 0 radical (unpaired) electrons. The van der Waals surface area contributed by atoms with Crippen LogP contribution in [0.15, 0.2) is 18.2 Å². The predicted molar refractivity (Wildman–Crippen MR) is 97.0 cm³/mol. The van der Waals surface area contributed by atoms with Gasteiger partial charge in [-0.25, -0.2) is 0 Å². The lowest BCUT2D eigenvalue weighted by Gasteiger charge is -2.30. The van der Waals surface area contributed by atoms with Gasteiger partial charge < -0.3 is 10.1 Å². The number of rotatable bonds is 6. The number of hydrogen-bond acceptors (Lipinski definition) is 3. The number of nitrogens with zero attached hydrogens (tertiary/aromatic N) is 1. The highest BCUT2D eigenvalue weighted by Gasteiger charge is 2.25. The molecule has 0 spiro atoms. The molecule has 1 atom stereocenters. The smallest absolute Gasteiger partial charge is 0.223 e. The first kappa shape index (κ1) is 18.4. The molecule has 2 rings (SSSR count). The van der Waals surface area contributed by atoms with Crippen LogP contribution in [0.3, 0.4) is 0 Å². The van der Waals surface area contributed by atoms with Gasteiger partial charge in [0.1, 0.15) is 12.4 Å². The topological polar surface area (TPSA) is 41.6 Å². The van der Waals surface area contributed by atoms with Gasteiger partial charge in [-0.15, -0.1) is 6.42 Å². The van der Waals surface area contributed by atoms with Gasteiger partial charge in [-0.1, -0.05) is 24.1 Å². The summed E-state index contributed by atoms with van der Waals surface area (Å²) >= 11 is 0. The molecule has 1 N–H and O–H groups in total. The summed E-state index contributed by atoms with van der Waals surface area (Å²) in [6.07, 6.45) is 7.08.